The maximum atomic E-state index is 11.9. The van der Waals surface area contributed by atoms with Crippen molar-refractivity contribution in [3.8, 4) is 0 Å². The van der Waals surface area contributed by atoms with Crippen molar-refractivity contribution in [3.05, 3.63) is 35.4 Å². The van der Waals surface area contributed by atoms with Gasteiger partial charge in [-0.05, 0) is 36.8 Å². The lowest BCUT2D eigenvalue weighted by molar-refractivity contribution is -0.133. The minimum atomic E-state index is 0.227. The predicted molar refractivity (Wildman–Crippen MR) is 76.2 cm³/mol. The van der Waals surface area contributed by atoms with Gasteiger partial charge in [0.2, 0.25) is 5.91 Å². The average Bonchev–Trinajstić information content (AvgIpc) is 2.45. The summed E-state index contributed by atoms with van der Waals surface area (Å²) in [5.41, 5.74) is 2.82. The van der Waals surface area contributed by atoms with Crippen LogP contribution in [0.4, 0.5) is 0 Å². The predicted octanol–water partition coefficient (Wildman–Crippen LogP) is 2.74. The van der Waals surface area contributed by atoms with Crippen LogP contribution in [0, 0.1) is 6.92 Å². The standard InChI is InChI=1S/C16H23NO2/c1-13-5-3-4-6-15(13)14-7-10-17(11-8-14)16(18)9-12-19-2/h3-6,14H,7-12H2,1-2H3. The molecule has 1 aliphatic rings. The molecule has 0 N–H and O–H groups in total. The number of nitrogens with zero attached hydrogens (tertiary/aromatic N) is 1. The number of ether oxygens (including phenoxy) is 1. The van der Waals surface area contributed by atoms with E-state index in [2.05, 4.69) is 31.2 Å². The molecule has 2 rings (SSSR count). The van der Waals surface area contributed by atoms with Crippen LogP contribution in [0.2, 0.25) is 0 Å². The first-order valence-electron chi connectivity index (χ1n) is 7.04. The molecular weight excluding hydrogens is 238 g/mol. The lowest BCUT2D eigenvalue weighted by Gasteiger charge is -2.33. The summed E-state index contributed by atoms with van der Waals surface area (Å²) in [7, 11) is 1.64. The van der Waals surface area contributed by atoms with Crippen LogP contribution in [-0.2, 0) is 9.53 Å². The Bertz CT molecular complexity index is 423. The van der Waals surface area contributed by atoms with E-state index in [4.69, 9.17) is 4.74 Å². The molecule has 1 aliphatic heterocycles. The topological polar surface area (TPSA) is 29.5 Å². The van der Waals surface area contributed by atoms with Crippen LogP contribution in [-0.4, -0.2) is 37.6 Å². The van der Waals surface area contributed by atoms with Crippen molar-refractivity contribution in [2.75, 3.05) is 26.8 Å². The Hall–Kier alpha value is -1.35. The molecule has 1 heterocycles. The first-order valence-corrected chi connectivity index (χ1v) is 7.04. The van der Waals surface area contributed by atoms with Gasteiger partial charge < -0.3 is 9.64 Å². The zero-order chi connectivity index (χ0) is 13.7. The molecule has 0 radical (unpaired) electrons. The van der Waals surface area contributed by atoms with Crippen LogP contribution in [0.5, 0.6) is 0 Å². The highest BCUT2D eigenvalue weighted by atomic mass is 16.5. The van der Waals surface area contributed by atoms with Gasteiger partial charge in [0.25, 0.3) is 0 Å². The van der Waals surface area contributed by atoms with Gasteiger partial charge >= 0.3 is 0 Å². The summed E-state index contributed by atoms with van der Waals surface area (Å²) in [5.74, 6) is 0.831. The zero-order valence-electron chi connectivity index (χ0n) is 11.9. The number of carbonyl (C=O) groups is 1. The van der Waals surface area contributed by atoms with Crippen LogP contribution < -0.4 is 0 Å². The van der Waals surface area contributed by atoms with Crippen molar-refractivity contribution in [1.82, 2.24) is 4.90 Å². The smallest absolute Gasteiger partial charge is 0.224 e. The van der Waals surface area contributed by atoms with Gasteiger partial charge in [0.05, 0.1) is 13.0 Å². The third-order valence-corrected chi connectivity index (χ3v) is 4.00. The average molecular weight is 261 g/mol. The molecule has 0 saturated carbocycles. The van der Waals surface area contributed by atoms with Gasteiger partial charge in [0.1, 0.15) is 0 Å². The molecule has 1 amide bonds. The number of aryl methyl sites for hydroxylation is 1. The summed E-state index contributed by atoms with van der Waals surface area (Å²) < 4.78 is 4.96. The van der Waals surface area contributed by atoms with Crippen molar-refractivity contribution in [1.29, 1.82) is 0 Å². The Balaban J connectivity index is 1.89. The molecule has 0 unspecified atom stereocenters. The summed E-state index contributed by atoms with van der Waals surface area (Å²) >= 11 is 0. The number of methoxy groups -OCH3 is 1. The van der Waals surface area contributed by atoms with Crippen LogP contribution in [0.3, 0.4) is 0 Å². The van der Waals surface area contributed by atoms with Crippen molar-refractivity contribution >= 4 is 5.91 Å². The van der Waals surface area contributed by atoms with Crippen molar-refractivity contribution in [2.45, 2.75) is 32.1 Å². The zero-order valence-corrected chi connectivity index (χ0v) is 11.9. The molecule has 0 aromatic heterocycles. The number of likely N-dealkylation sites (tertiary alicyclic amines) is 1. The van der Waals surface area contributed by atoms with Crippen molar-refractivity contribution < 1.29 is 9.53 Å². The van der Waals surface area contributed by atoms with Crippen molar-refractivity contribution in [2.24, 2.45) is 0 Å². The van der Waals surface area contributed by atoms with E-state index in [-0.39, 0.29) is 5.91 Å². The van der Waals surface area contributed by atoms with Gasteiger partial charge in [-0.2, -0.15) is 0 Å². The summed E-state index contributed by atoms with van der Waals surface area (Å²) in [6.45, 7) is 4.45. The van der Waals surface area contributed by atoms with E-state index in [9.17, 15) is 4.79 Å². The first-order chi connectivity index (χ1) is 9.22. The van der Waals surface area contributed by atoms with Gasteiger partial charge in [0, 0.05) is 20.2 Å². The second kappa shape index (κ2) is 6.71. The quantitative estimate of drug-likeness (QED) is 0.834. The number of hydrogen-bond donors (Lipinski definition) is 0. The molecule has 3 nitrogen and oxygen atoms in total. The lowest BCUT2D eigenvalue weighted by atomic mass is 9.87. The SMILES string of the molecule is COCCC(=O)N1CCC(c2ccccc2C)CC1. The lowest BCUT2D eigenvalue weighted by Crippen LogP contribution is -2.38. The minimum absolute atomic E-state index is 0.227. The van der Waals surface area contributed by atoms with E-state index in [1.807, 2.05) is 4.90 Å². The molecule has 0 atom stereocenters. The Morgan fingerprint density at radius 3 is 2.63 bits per heavy atom. The van der Waals surface area contributed by atoms with Gasteiger partial charge in [-0.3, -0.25) is 4.79 Å². The second-order valence-electron chi connectivity index (χ2n) is 5.25. The van der Waals surface area contributed by atoms with Crippen LogP contribution in [0.1, 0.15) is 36.3 Å². The maximum Gasteiger partial charge on any atom is 0.224 e. The highest BCUT2D eigenvalue weighted by molar-refractivity contribution is 5.76. The fraction of sp³-hybridized carbons (Fsp3) is 0.562. The first kappa shape index (κ1) is 14.1. The number of carbonyl (C=O) groups excluding carboxylic acids is 1. The van der Waals surface area contributed by atoms with E-state index in [0.29, 0.717) is 18.9 Å². The molecule has 104 valence electrons. The Morgan fingerprint density at radius 2 is 2.00 bits per heavy atom. The molecular formula is C16H23NO2. The molecule has 0 spiro atoms. The Labute approximate surface area is 115 Å². The summed E-state index contributed by atoms with van der Waals surface area (Å²) in [5, 5.41) is 0. The third-order valence-electron chi connectivity index (χ3n) is 4.00. The molecule has 1 saturated heterocycles. The molecule has 0 bridgehead atoms. The van der Waals surface area contributed by atoms with E-state index >= 15 is 0 Å². The van der Waals surface area contributed by atoms with E-state index in [1.54, 1.807) is 7.11 Å². The molecule has 1 aromatic rings. The van der Waals surface area contributed by atoms with Crippen LogP contribution >= 0.6 is 0 Å². The molecule has 0 aliphatic carbocycles. The highest BCUT2D eigenvalue weighted by Crippen LogP contribution is 2.30. The fourth-order valence-corrected chi connectivity index (χ4v) is 2.83. The van der Waals surface area contributed by atoms with Crippen molar-refractivity contribution in [3.63, 3.8) is 0 Å². The number of piperidine rings is 1. The summed E-state index contributed by atoms with van der Waals surface area (Å²) in [6, 6.07) is 8.59. The van der Waals surface area contributed by atoms with E-state index < -0.39 is 0 Å². The largest absolute Gasteiger partial charge is 0.384 e. The fourth-order valence-electron chi connectivity index (χ4n) is 2.83. The molecule has 1 fully saturated rings. The third kappa shape index (κ3) is 3.57. The number of amides is 1. The van der Waals surface area contributed by atoms with Crippen LogP contribution in [0.25, 0.3) is 0 Å². The van der Waals surface area contributed by atoms with Gasteiger partial charge in [-0.1, -0.05) is 24.3 Å². The number of hydrogen-bond acceptors (Lipinski definition) is 2. The normalized spacial score (nSPS) is 16.6. The van der Waals surface area contributed by atoms with Gasteiger partial charge in [-0.15, -0.1) is 0 Å². The molecule has 3 heteroatoms. The van der Waals surface area contributed by atoms with Gasteiger partial charge in [-0.25, -0.2) is 0 Å². The minimum Gasteiger partial charge on any atom is -0.384 e. The van der Waals surface area contributed by atoms with Crippen LogP contribution in [0.15, 0.2) is 24.3 Å². The van der Waals surface area contributed by atoms with E-state index in [1.165, 1.54) is 11.1 Å². The van der Waals surface area contributed by atoms with Gasteiger partial charge in [0.15, 0.2) is 0 Å². The molecule has 19 heavy (non-hydrogen) atoms. The molecule has 1 aromatic carbocycles. The summed E-state index contributed by atoms with van der Waals surface area (Å²) in [4.78, 5) is 13.9. The summed E-state index contributed by atoms with van der Waals surface area (Å²) in [6.07, 6.45) is 2.65. The monoisotopic (exact) mass is 261 g/mol. The number of benzene rings is 1. The Kier molecular flexibility index (Phi) is 4.97. The highest BCUT2D eigenvalue weighted by Gasteiger charge is 2.24. The maximum absolute atomic E-state index is 11.9. The Morgan fingerprint density at radius 1 is 1.32 bits per heavy atom. The number of rotatable bonds is 4. The second-order valence-corrected chi connectivity index (χ2v) is 5.25. The van der Waals surface area contributed by atoms with E-state index in [0.717, 1.165) is 25.9 Å².